The summed E-state index contributed by atoms with van der Waals surface area (Å²) in [7, 11) is 1.88. The first kappa shape index (κ1) is 15.9. The summed E-state index contributed by atoms with van der Waals surface area (Å²) in [4.78, 5) is 5.76. The highest BCUT2D eigenvalue weighted by atomic mass is 32.1. The van der Waals surface area contributed by atoms with Crippen molar-refractivity contribution in [2.24, 2.45) is 0 Å². The number of likely N-dealkylation sites (N-methyl/N-ethyl adjacent to an activating group) is 1. The number of benzene rings is 1. The minimum absolute atomic E-state index is 0.0931. The van der Waals surface area contributed by atoms with E-state index in [1.54, 1.807) is 35.6 Å². The van der Waals surface area contributed by atoms with Gasteiger partial charge < -0.3 is 10.1 Å². The van der Waals surface area contributed by atoms with Crippen LogP contribution < -0.4 is 10.1 Å². The second-order valence-corrected chi connectivity index (χ2v) is 6.03. The molecule has 0 saturated carbocycles. The third-order valence-electron chi connectivity index (χ3n) is 3.31. The number of ether oxygens (including phenoxy) is 1. The van der Waals surface area contributed by atoms with Crippen LogP contribution in [0.3, 0.4) is 0 Å². The van der Waals surface area contributed by atoms with E-state index < -0.39 is 6.61 Å². The van der Waals surface area contributed by atoms with Crippen LogP contribution in [0.25, 0.3) is 0 Å². The van der Waals surface area contributed by atoms with Crippen LogP contribution in [0.15, 0.2) is 24.3 Å². The van der Waals surface area contributed by atoms with Crippen molar-refractivity contribution in [3.05, 3.63) is 45.4 Å². The maximum absolute atomic E-state index is 12.1. The molecule has 1 atom stereocenters. The van der Waals surface area contributed by atoms with Gasteiger partial charge in [-0.3, -0.25) is 0 Å². The molecule has 21 heavy (non-hydrogen) atoms. The number of nitrogens with zero attached hydrogens (tertiary/aromatic N) is 1. The topological polar surface area (TPSA) is 34.2 Å². The van der Waals surface area contributed by atoms with E-state index in [0.29, 0.717) is 0 Å². The van der Waals surface area contributed by atoms with Crippen molar-refractivity contribution in [1.29, 1.82) is 0 Å². The summed E-state index contributed by atoms with van der Waals surface area (Å²) >= 11 is 1.69. The molecule has 0 amide bonds. The smallest absolute Gasteiger partial charge is 0.387 e. The molecule has 0 saturated heterocycles. The fraction of sp³-hybridized carbons (Fsp3) is 0.400. The van der Waals surface area contributed by atoms with E-state index in [1.165, 1.54) is 4.88 Å². The second-order valence-electron chi connectivity index (χ2n) is 4.74. The monoisotopic (exact) mass is 312 g/mol. The maximum Gasteiger partial charge on any atom is 0.387 e. The first-order valence-corrected chi connectivity index (χ1v) is 7.46. The summed E-state index contributed by atoms with van der Waals surface area (Å²) in [6, 6.07) is 6.81. The van der Waals surface area contributed by atoms with E-state index in [9.17, 15) is 8.78 Å². The van der Waals surface area contributed by atoms with Crippen LogP contribution in [-0.2, 0) is 6.42 Å². The molecule has 0 radical (unpaired) electrons. The number of alkyl halides is 2. The number of hydrogen-bond acceptors (Lipinski definition) is 4. The number of thiazole rings is 1. The molecule has 0 aliphatic heterocycles. The molecule has 0 aliphatic rings. The van der Waals surface area contributed by atoms with Gasteiger partial charge in [0.15, 0.2) is 0 Å². The number of halogens is 2. The molecule has 0 spiro atoms. The van der Waals surface area contributed by atoms with Crippen LogP contribution in [-0.4, -0.2) is 18.6 Å². The minimum Gasteiger partial charge on any atom is -0.435 e. The van der Waals surface area contributed by atoms with Crippen LogP contribution in [0, 0.1) is 13.8 Å². The van der Waals surface area contributed by atoms with Crippen molar-refractivity contribution in [3.63, 3.8) is 0 Å². The Hall–Kier alpha value is -1.53. The van der Waals surface area contributed by atoms with Crippen LogP contribution >= 0.6 is 11.3 Å². The molecule has 0 fully saturated rings. The molecule has 6 heteroatoms. The fourth-order valence-corrected chi connectivity index (χ4v) is 3.05. The summed E-state index contributed by atoms with van der Waals surface area (Å²) in [5, 5.41) is 4.30. The van der Waals surface area contributed by atoms with Crippen LogP contribution in [0.5, 0.6) is 5.75 Å². The van der Waals surface area contributed by atoms with E-state index in [-0.39, 0.29) is 11.8 Å². The maximum atomic E-state index is 12.1. The van der Waals surface area contributed by atoms with Gasteiger partial charge in [0.25, 0.3) is 0 Å². The Labute approximate surface area is 127 Å². The van der Waals surface area contributed by atoms with Gasteiger partial charge in [-0.15, -0.1) is 11.3 Å². The molecule has 2 aromatic rings. The number of aryl methyl sites for hydroxylation is 2. The van der Waals surface area contributed by atoms with Gasteiger partial charge in [0, 0.05) is 17.3 Å². The van der Waals surface area contributed by atoms with E-state index >= 15 is 0 Å². The SMILES string of the molecule is CNC(Cc1nc(C)c(C)s1)c1ccc(OC(F)F)cc1. The number of aromatic nitrogens is 1. The predicted molar refractivity (Wildman–Crippen MR) is 80.2 cm³/mol. The lowest BCUT2D eigenvalue weighted by Gasteiger charge is -2.16. The molecule has 0 aliphatic carbocycles. The first-order valence-electron chi connectivity index (χ1n) is 6.64. The summed E-state index contributed by atoms with van der Waals surface area (Å²) in [6.45, 7) is 1.26. The fourth-order valence-electron chi connectivity index (χ4n) is 2.07. The third kappa shape index (κ3) is 4.22. The predicted octanol–water partition coefficient (Wildman–Crippen LogP) is 3.86. The Morgan fingerprint density at radius 1 is 1.24 bits per heavy atom. The van der Waals surface area contributed by atoms with Gasteiger partial charge in [-0.05, 0) is 38.6 Å². The van der Waals surface area contributed by atoms with E-state index in [4.69, 9.17) is 0 Å². The Bertz CT molecular complexity index is 564. The Morgan fingerprint density at radius 2 is 1.90 bits per heavy atom. The molecule has 1 aromatic heterocycles. The largest absolute Gasteiger partial charge is 0.435 e. The molecule has 2 rings (SSSR count). The number of hydrogen-bond donors (Lipinski definition) is 1. The molecule has 1 N–H and O–H groups in total. The van der Waals surface area contributed by atoms with Gasteiger partial charge in [-0.2, -0.15) is 8.78 Å². The third-order valence-corrected chi connectivity index (χ3v) is 4.40. The summed E-state index contributed by atoms with van der Waals surface area (Å²) in [5.41, 5.74) is 2.08. The van der Waals surface area contributed by atoms with Gasteiger partial charge in [0.1, 0.15) is 5.75 Å². The standard InChI is InChI=1S/C15H18F2N2OS/c1-9-10(2)21-14(19-9)8-13(18-3)11-4-6-12(7-5-11)20-15(16)17/h4-7,13,15,18H,8H2,1-3H3. The average molecular weight is 312 g/mol. The highest BCUT2D eigenvalue weighted by molar-refractivity contribution is 7.11. The van der Waals surface area contributed by atoms with Crippen LogP contribution in [0.1, 0.15) is 27.2 Å². The second kappa shape index (κ2) is 6.95. The zero-order chi connectivity index (χ0) is 15.4. The number of nitrogens with one attached hydrogen (secondary N) is 1. The minimum atomic E-state index is -2.79. The molecule has 3 nitrogen and oxygen atoms in total. The Morgan fingerprint density at radius 3 is 2.38 bits per heavy atom. The Kier molecular flexibility index (Phi) is 5.25. The quantitative estimate of drug-likeness (QED) is 0.879. The summed E-state index contributed by atoms with van der Waals surface area (Å²) in [5.74, 6) is 0.171. The van der Waals surface area contributed by atoms with Crippen molar-refractivity contribution in [1.82, 2.24) is 10.3 Å². The van der Waals surface area contributed by atoms with Crippen molar-refractivity contribution in [2.75, 3.05) is 7.05 Å². The van der Waals surface area contributed by atoms with E-state index in [1.807, 2.05) is 14.0 Å². The normalized spacial score (nSPS) is 12.7. The van der Waals surface area contributed by atoms with Crippen molar-refractivity contribution < 1.29 is 13.5 Å². The van der Waals surface area contributed by atoms with Crippen molar-refractivity contribution >= 4 is 11.3 Å². The zero-order valence-corrected chi connectivity index (χ0v) is 13.0. The highest BCUT2D eigenvalue weighted by Gasteiger charge is 2.14. The Balaban J connectivity index is 2.09. The average Bonchev–Trinajstić information content (AvgIpc) is 2.75. The van der Waals surface area contributed by atoms with Crippen LogP contribution in [0.4, 0.5) is 8.78 Å². The van der Waals surface area contributed by atoms with Gasteiger partial charge >= 0.3 is 6.61 Å². The molecule has 114 valence electrons. The molecular weight excluding hydrogens is 294 g/mol. The zero-order valence-electron chi connectivity index (χ0n) is 12.2. The summed E-state index contributed by atoms with van der Waals surface area (Å²) < 4.78 is 28.6. The van der Waals surface area contributed by atoms with E-state index in [2.05, 4.69) is 22.0 Å². The lowest BCUT2D eigenvalue weighted by Crippen LogP contribution is -2.18. The summed E-state index contributed by atoms with van der Waals surface area (Å²) in [6.07, 6.45) is 0.769. The lowest BCUT2D eigenvalue weighted by molar-refractivity contribution is -0.0498. The van der Waals surface area contributed by atoms with Gasteiger partial charge in [0.2, 0.25) is 0 Å². The van der Waals surface area contributed by atoms with Crippen molar-refractivity contribution in [2.45, 2.75) is 32.9 Å². The molecule has 1 heterocycles. The molecule has 1 unspecified atom stereocenters. The van der Waals surface area contributed by atoms with E-state index in [0.717, 1.165) is 22.7 Å². The highest BCUT2D eigenvalue weighted by Crippen LogP contribution is 2.25. The van der Waals surface area contributed by atoms with Gasteiger partial charge in [-0.1, -0.05) is 12.1 Å². The number of rotatable bonds is 6. The lowest BCUT2D eigenvalue weighted by atomic mass is 10.0. The van der Waals surface area contributed by atoms with Crippen molar-refractivity contribution in [3.8, 4) is 5.75 Å². The van der Waals surface area contributed by atoms with Crippen LogP contribution in [0.2, 0.25) is 0 Å². The van der Waals surface area contributed by atoms with Gasteiger partial charge in [0.05, 0.1) is 10.7 Å². The molecular formula is C15H18F2N2OS. The van der Waals surface area contributed by atoms with Gasteiger partial charge in [-0.25, -0.2) is 4.98 Å². The molecule has 1 aromatic carbocycles. The molecule has 0 bridgehead atoms. The first-order chi connectivity index (χ1) is 9.99.